The number of ether oxygens (including phenoxy) is 1. The third-order valence-electron chi connectivity index (χ3n) is 3.95. The predicted octanol–water partition coefficient (Wildman–Crippen LogP) is 0.676. The molecule has 1 aliphatic carbocycles. The van der Waals surface area contributed by atoms with Crippen LogP contribution in [0.1, 0.15) is 25.0 Å². The van der Waals surface area contributed by atoms with E-state index in [0.717, 1.165) is 12.1 Å². The molecule has 1 aromatic rings. The third-order valence-corrected chi connectivity index (χ3v) is 5.80. The summed E-state index contributed by atoms with van der Waals surface area (Å²) in [6.45, 7) is 1.67. The molecule has 0 amide bonds. The number of hydrogen-bond donors (Lipinski definition) is 2. The first-order valence-corrected chi connectivity index (χ1v) is 8.47. The van der Waals surface area contributed by atoms with Crippen LogP contribution < -0.4 is 5.32 Å². The summed E-state index contributed by atoms with van der Waals surface area (Å²) in [6, 6.07) is 2.34. The number of H-pyrrole nitrogens is 1. The Morgan fingerprint density at radius 2 is 2.25 bits per heavy atom. The highest BCUT2D eigenvalue weighted by atomic mass is 32.2. The van der Waals surface area contributed by atoms with Gasteiger partial charge in [0.15, 0.2) is 0 Å². The predicted molar refractivity (Wildman–Crippen MR) is 74.8 cm³/mol. The monoisotopic (exact) mass is 299 g/mol. The molecule has 0 bridgehead atoms. The van der Waals surface area contributed by atoms with Gasteiger partial charge in [0.05, 0.1) is 11.0 Å². The molecule has 1 saturated heterocycles. The van der Waals surface area contributed by atoms with Crippen molar-refractivity contribution in [2.45, 2.75) is 42.8 Å². The Hall–Kier alpha value is -0.890. The maximum atomic E-state index is 12.5. The molecule has 0 aromatic carbocycles. The lowest BCUT2D eigenvalue weighted by Gasteiger charge is -2.14. The van der Waals surface area contributed by atoms with Crippen LogP contribution in [0, 0.1) is 0 Å². The summed E-state index contributed by atoms with van der Waals surface area (Å²) in [5.74, 6) is 0. The van der Waals surface area contributed by atoms with Crippen molar-refractivity contribution in [3.05, 3.63) is 18.0 Å². The molecule has 1 saturated carbocycles. The minimum Gasteiger partial charge on any atom is -0.380 e. The van der Waals surface area contributed by atoms with Crippen LogP contribution in [0.2, 0.25) is 0 Å². The molecule has 2 N–H and O–H groups in total. The van der Waals surface area contributed by atoms with E-state index in [-0.39, 0.29) is 6.10 Å². The molecule has 112 valence electrons. The number of methoxy groups -OCH3 is 1. The number of aromatic nitrogens is 1. The molecule has 7 heteroatoms. The van der Waals surface area contributed by atoms with Crippen LogP contribution >= 0.6 is 0 Å². The van der Waals surface area contributed by atoms with Gasteiger partial charge >= 0.3 is 0 Å². The number of rotatable bonds is 6. The Morgan fingerprint density at radius 1 is 1.45 bits per heavy atom. The third kappa shape index (κ3) is 2.90. The van der Waals surface area contributed by atoms with Gasteiger partial charge in [-0.05, 0) is 25.3 Å². The van der Waals surface area contributed by atoms with Crippen LogP contribution in [-0.4, -0.2) is 50.1 Å². The van der Waals surface area contributed by atoms with E-state index in [1.165, 1.54) is 17.1 Å². The molecule has 2 fully saturated rings. The SMILES string of the molecule is COC1CCN(S(=O)(=O)c2c[nH]c(CNC3CC3)c2)C1. The molecule has 0 spiro atoms. The fourth-order valence-corrected chi connectivity index (χ4v) is 3.97. The van der Waals surface area contributed by atoms with Crippen molar-refractivity contribution in [2.24, 2.45) is 0 Å². The smallest absolute Gasteiger partial charge is 0.244 e. The van der Waals surface area contributed by atoms with Gasteiger partial charge in [-0.2, -0.15) is 4.31 Å². The van der Waals surface area contributed by atoms with E-state index < -0.39 is 10.0 Å². The van der Waals surface area contributed by atoms with Gasteiger partial charge in [-0.15, -0.1) is 0 Å². The Balaban J connectivity index is 1.67. The van der Waals surface area contributed by atoms with Gasteiger partial charge in [-0.1, -0.05) is 0 Å². The normalized spacial score (nSPS) is 24.4. The Bertz CT molecular complexity index is 565. The minimum atomic E-state index is -3.39. The van der Waals surface area contributed by atoms with Crippen molar-refractivity contribution in [1.29, 1.82) is 0 Å². The first-order valence-electron chi connectivity index (χ1n) is 7.03. The summed E-state index contributed by atoms with van der Waals surface area (Å²) in [4.78, 5) is 3.39. The molecular formula is C13H21N3O3S. The van der Waals surface area contributed by atoms with Crippen LogP contribution in [0.5, 0.6) is 0 Å². The molecule has 1 aliphatic heterocycles. The largest absolute Gasteiger partial charge is 0.380 e. The standard InChI is InChI=1S/C13H21N3O3S/c1-19-12-4-5-16(9-12)20(17,18)13-6-11(15-8-13)7-14-10-2-3-10/h6,8,10,12,14-15H,2-5,7,9H2,1H3. The molecule has 3 rings (SSSR count). The van der Waals surface area contributed by atoms with Crippen molar-refractivity contribution in [2.75, 3.05) is 20.2 Å². The second kappa shape index (κ2) is 5.48. The lowest BCUT2D eigenvalue weighted by Crippen LogP contribution is -2.29. The lowest BCUT2D eigenvalue weighted by atomic mass is 10.3. The summed E-state index contributed by atoms with van der Waals surface area (Å²) in [6.07, 6.45) is 4.80. The van der Waals surface area contributed by atoms with Gasteiger partial charge in [0.25, 0.3) is 0 Å². The number of hydrogen-bond acceptors (Lipinski definition) is 4. The van der Waals surface area contributed by atoms with Crippen LogP contribution in [0.15, 0.2) is 17.2 Å². The highest BCUT2D eigenvalue weighted by molar-refractivity contribution is 7.89. The van der Waals surface area contributed by atoms with E-state index in [1.54, 1.807) is 19.4 Å². The molecule has 1 aromatic heterocycles. The highest BCUT2D eigenvalue weighted by Crippen LogP contribution is 2.23. The number of nitrogens with one attached hydrogen (secondary N) is 2. The second-order valence-electron chi connectivity index (χ2n) is 5.53. The molecule has 1 unspecified atom stereocenters. The van der Waals surface area contributed by atoms with Gasteiger partial charge < -0.3 is 15.0 Å². The lowest BCUT2D eigenvalue weighted by molar-refractivity contribution is 0.115. The summed E-state index contributed by atoms with van der Waals surface area (Å²) in [7, 11) is -1.77. The molecule has 2 aliphatic rings. The number of nitrogens with zero attached hydrogens (tertiary/aromatic N) is 1. The van der Waals surface area contributed by atoms with Gasteiger partial charge in [0.2, 0.25) is 10.0 Å². The van der Waals surface area contributed by atoms with Crippen molar-refractivity contribution in [1.82, 2.24) is 14.6 Å². The fourth-order valence-electron chi connectivity index (χ4n) is 2.47. The zero-order chi connectivity index (χ0) is 14.2. The Labute approximate surface area is 119 Å². The number of aromatic amines is 1. The first-order chi connectivity index (χ1) is 9.59. The van der Waals surface area contributed by atoms with Crippen LogP contribution in [0.4, 0.5) is 0 Å². The second-order valence-corrected chi connectivity index (χ2v) is 7.46. The average Bonchev–Trinajstić information content (AvgIpc) is 2.96. The molecular weight excluding hydrogens is 278 g/mol. The highest BCUT2D eigenvalue weighted by Gasteiger charge is 2.33. The maximum Gasteiger partial charge on any atom is 0.244 e. The fraction of sp³-hybridized carbons (Fsp3) is 0.692. The summed E-state index contributed by atoms with van der Waals surface area (Å²) in [5, 5.41) is 3.36. The summed E-state index contributed by atoms with van der Waals surface area (Å²) < 4.78 is 31.7. The Kier molecular flexibility index (Phi) is 3.85. The zero-order valence-electron chi connectivity index (χ0n) is 11.6. The first kappa shape index (κ1) is 14.1. The molecule has 2 heterocycles. The van der Waals surface area contributed by atoms with Gasteiger partial charge in [-0.3, -0.25) is 0 Å². The van der Waals surface area contributed by atoms with Gasteiger partial charge in [-0.25, -0.2) is 8.42 Å². The maximum absolute atomic E-state index is 12.5. The summed E-state index contributed by atoms with van der Waals surface area (Å²) in [5.41, 5.74) is 0.915. The molecule has 6 nitrogen and oxygen atoms in total. The van der Waals surface area contributed by atoms with E-state index in [2.05, 4.69) is 10.3 Å². The molecule has 0 radical (unpaired) electrons. The van der Waals surface area contributed by atoms with E-state index in [9.17, 15) is 8.42 Å². The minimum absolute atomic E-state index is 0.0136. The quantitative estimate of drug-likeness (QED) is 0.810. The zero-order valence-corrected chi connectivity index (χ0v) is 12.4. The van der Waals surface area contributed by atoms with Crippen molar-refractivity contribution < 1.29 is 13.2 Å². The van der Waals surface area contributed by atoms with Crippen LogP contribution in [-0.2, 0) is 21.3 Å². The summed E-state index contributed by atoms with van der Waals surface area (Å²) >= 11 is 0. The van der Waals surface area contributed by atoms with Crippen molar-refractivity contribution >= 4 is 10.0 Å². The van der Waals surface area contributed by atoms with E-state index in [1.807, 2.05) is 0 Å². The van der Waals surface area contributed by atoms with Gasteiger partial charge in [0.1, 0.15) is 0 Å². The van der Waals surface area contributed by atoms with E-state index in [0.29, 0.717) is 30.6 Å². The van der Waals surface area contributed by atoms with Crippen molar-refractivity contribution in [3.63, 3.8) is 0 Å². The average molecular weight is 299 g/mol. The van der Waals surface area contributed by atoms with E-state index >= 15 is 0 Å². The topological polar surface area (TPSA) is 74.4 Å². The molecule has 20 heavy (non-hydrogen) atoms. The van der Waals surface area contributed by atoms with Crippen molar-refractivity contribution in [3.8, 4) is 0 Å². The van der Waals surface area contributed by atoms with Crippen LogP contribution in [0.25, 0.3) is 0 Å². The van der Waals surface area contributed by atoms with Crippen LogP contribution in [0.3, 0.4) is 0 Å². The van der Waals surface area contributed by atoms with E-state index in [4.69, 9.17) is 4.74 Å². The number of sulfonamides is 1. The Morgan fingerprint density at radius 3 is 2.90 bits per heavy atom. The molecule has 1 atom stereocenters. The van der Waals surface area contributed by atoms with Gasteiger partial charge in [0, 0.05) is 44.7 Å².